The quantitative estimate of drug-likeness (QED) is 0.803. The Bertz CT molecular complexity index is 868. The minimum atomic E-state index is -3.56. The number of anilines is 1. The maximum absolute atomic E-state index is 12.2. The number of hydrogen-bond donors (Lipinski definition) is 1. The minimum absolute atomic E-state index is 0.0814. The molecule has 25 heavy (non-hydrogen) atoms. The number of benzene rings is 2. The van der Waals surface area contributed by atoms with Crippen LogP contribution in [0.3, 0.4) is 0 Å². The normalized spacial score (nSPS) is 11.6. The molecule has 2 aromatic rings. The van der Waals surface area contributed by atoms with Gasteiger partial charge in [-0.1, -0.05) is 41.4 Å². The van der Waals surface area contributed by atoms with Gasteiger partial charge in [-0.2, -0.15) is 4.31 Å². The van der Waals surface area contributed by atoms with E-state index in [9.17, 15) is 13.2 Å². The number of nitrogens with one attached hydrogen (secondary N) is 1. The Kier molecular flexibility index (Phi) is 6.46. The second-order valence-electron chi connectivity index (χ2n) is 5.67. The number of carbonyl (C=O) groups excluding carboxylic acids is 1. The molecule has 2 aromatic carbocycles. The molecule has 0 aromatic heterocycles. The van der Waals surface area contributed by atoms with Crippen molar-refractivity contribution in [3.05, 3.63) is 63.6 Å². The lowest BCUT2D eigenvalue weighted by Crippen LogP contribution is -2.36. The molecule has 2 rings (SSSR count). The molecular weight excluding hydrogens is 383 g/mol. The van der Waals surface area contributed by atoms with E-state index in [-0.39, 0.29) is 13.1 Å². The van der Waals surface area contributed by atoms with E-state index in [0.717, 1.165) is 21.7 Å². The van der Waals surface area contributed by atoms with Crippen LogP contribution in [0, 0.1) is 6.92 Å². The third-order valence-electron chi connectivity index (χ3n) is 3.52. The van der Waals surface area contributed by atoms with Gasteiger partial charge in [0.1, 0.15) is 0 Å². The molecule has 0 unspecified atom stereocenters. The summed E-state index contributed by atoms with van der Waals surface area (Å²) in [4.78, 5) is 12.2. The molecule has 0 aliphatic heterocycles. The van der Waals surface area contributed by atoms with Gasteiger partial charge in [0.05, 0.1) is 12.8 Å². The maximum Gasteiger partial charge on any atom is 0.239 e. The fourth-order valence-electron chi connectivity index (χ4n) is 2.12. The third kappa shape index (κ3) is 6.01. The van der Waals surface area contributed by atoms with Crippen molar-refractivity contribution in [3.63, 3.8) is 0 Å². The van der Waals surface area contributed by atoms with Crippen LogP contribution in [0.5, 0.6) is 0 Å². The summed E-state index contributed by atoms with van der Waals surface area (Å²) in [5, 5.41) is 3.74. The van der Waals surface area contributed by atoms with Crippen molar-refractivity contribution in [2.24, 2.45) is 0 Å². The summed E-state index contributed by atoms with van der Waals surface area (Å²) in [5.74, 6) is -0.445. The average molecular weight is 401 g/mol. The number of halogens is 2. The van der Waals surface area contributed by atoms with Crippen molar-refractivity contribution in [3.8, 4) is 0 Å². The van der Waals surface area contributed by atoms with Gasteiger partial charge in [0.2, 0.25) is 15.9 Å². The molecule has 0 saturated heterocycles. The number of nitrogens with zero attached hydrogens (tertiary/aromatic N) is 1. The molecule has 0 atom stereocenters. The molecule has 0 saturated carbocycles. The summed E-state index contributed by atoms with van der Waals surface area (Å²) in [7, 11) is -3.56. The highest BCUT2D eigenvalue weighted by molar-refractivity contribution is 7.88. The van der Waals surface area contributed by atoms with Crippen LogP contribution in [0.15, 0.2) is 42.5 Å². The molecule has 0 heterocycles. The Morgan fingerprint density at radius 2 is 1.76 bits per heavy atom. The molecule has 134 valence electrons. The molecule has 8 heteroatoms. The van der Waals surface area contributed by atoms with Crippen LogP contribution < -0.4 is 5.32 Å². The molecule has 5 nitrogen and oxygen atoms in total. The number of sulfonamides is 1. The Balaban J connectivity index is 2.09. The summed E-state index contributed by atoms with van der Waals surface area (Å²) in [6.45, 7) is 1.64. The maximum atomic E-state index is 12.2. The van der Waals surface area contributed by atoms with Crippen molar-refractivity contribution >= 4 is 44.8 Å². The van der Waals surface area contributed by atoms with E-state index in [1.165, 1.54) is 0 Å². The zero-order valence-electron chi connectivity index (χ0n) is 13.8. The van der Waals surface area contributed by atoms with Gasteiger partial charge in [0.25, 0.3) is 0 Å². The number of amides is 1. The van der Waals surface area contributed by atoms with Crippen LogP contribution in [-0.4, -0.2) is 31.4 Å². The number of carbonyl (C=O) groups is 1. The van der Waals surface area contributed by atoms with Gasteiger partial charge in [-0.15, -0.1) is 0 Å². The lowest BCUT2D eigenvalue weighted by molar-refractivity contribution is -0.116. The van der Waals surface area contributed by atoms with E-state index in [1.54, 1.807) is 42.5 Å². The third-order valence-corrected chi connectivity index (χ3v) is 5.37. The first kappa shape index (κ1) is 19.7. The molecule has 0 aliphatic rings. The molecule has 0 spiro atoms. The summed E-state index contributed by atoms with van der Waals surface area (Å²) in [6.07, 6.45) is 1.07. The predicted molar refractivity (Wildman–Crippen MR) is 102 cm³/mol. The van der Waals surface area contributed by atoms with Gasteiger partial charge in [0, 0.05) is 22.3 Å². The Labute approximate surface area is 157 Å². The van der Waals surface area contributed by atoms with E-state index in [1.807, 2.05) is 6.92 Å². The average Bonchev–Trinajstić information content (AvgIpc) is 2.51. The lowest BCUT2D eigenvalue weighted by Gasteiger charge is -2.19. The van der Waals surface area contributed by atoms with E-state index >= 15 is 0 Å². The van der Waals surface area contributed by atoms with Crippen molar-refractivity contribution in [2.45, 2.75) is 13.5 Å². The summed E-state index contributed by atoms with van der Waals surface area (Å²) < 4.78 is 25.1. The number of hydrogen-bond acceptors (Lipinski definition) is 3. The Morgan fingerprint density at radius 3 is 2.32 bits per heavy atom. The van der Waals surface area contributed by atoms with Crippen LogP contribution in [0.25, 0.3) is 0 Å². The fraction of sp³-hybridized carbons (Fsp3) is 0.235. The molecular formula is C17H18Cl2N2O3S. The molecule has 1 N–H and O–H groups in total. The van der Waals surface area contributed by atoms with Crippen LogP contribution in [0.1, 0.15) is 11.1 Å². The first-order valence-corrected chi connectivity index (χ1v) is 10.0. The molecule has 1 amide bonds. The topological polar surface area (TPSA) is 66.5 Å². The first-order chi connectivity index (χ1) is 11.6. The molecule has 0 bridgehead atoms. The van der Waals surface area contributed by atoms with Crippen LogP contribution in [-0.2, 0) is 21.4 Å². The highest BCUT2D eigenvalue weighted by Gasteiger charge is 2.20. The van der Waals surface area contributed by atoms with Crippen LogP contribution in [0.2, 0.25) is 10.0 Å². The second-order valence-corrected chi connectivity index (χ2v) is 8.50. The lowest BCUT2D eigenvalue weighted by atomic mass is 10.2. The highest BCUT2D eigenvalue weighted by Crippen LogP contribution is 2.20. The van der Waals surface area contributed by atoms with Crippen molar-refractivity contribution in [1.29, 1.82) is 0 Å². The SMILES string of the molecule is Cc1ccc(NC(=O)CN(Cc2ccc(Cl)cc2)S(C)(=O)=O)cc1Cl. The monoisotopic (exact) mass is 400 g/mol. The second kappa shape index (κ2) is 8.19. The Morgan fingerprint density at radius 1 is 1.12 bits per heavy atom. The molecule has 0 aliphatic carbocycles. The zero-order valence-corrected chi connectivity index (χ0v) is 16.1. The smallest absolute Gasteiger partial charge is 0.239 e. The van der Waals surface area contributed by atoms with Gasteiger partial charge >= 0.3 is 0 Å². The van der Waals surface area contributed by atoms with E-state index in [0.29, 0.717) is 15.7 Å². The number of rotatable bonds is 6. The highest BCUT2D eigenvalue weighted by atomic mass is 35.5. The van der Waals surface area contributed by atoms with Crippen LogP contribution in [0.4, 0.5) is 5.69 Å². The van der Waals surface area contributed by atoms with Gasteiger partial charge < -0.3 is 5.32 Å². The summed E-state index contributed by atoms with van der Waals surface area (Å²) in [6, 6.07) is 11.9. The Hall–Kier alpha value is -1.60. The predicted octanol–water partition coefficient (Wildman–Crippen LogP) is 3.70. The summed E-state index contributed by atoms with van der Waals surface area (Å²) in [5.41, 5.74) is 2.14. The van der Waals surface area contributed by atoms with Gasteiger partial charge in [-0.05, 0) is 42.3 Å². The van der Waals surface area contributed by atoms with Crippen molar-refractivity contribution in [1.82, 2.24) is 4.31 Å². The van der Waals surface area contributed by atoms with Gasteiger partial charge in [-0.25, -0.2) is 8.42 Å². The standard InChI is InChI=1S/C17H18Cl2N2O3S/c1-12-3-8-15(9-16(12)19)20-17(22)11-21(25(2,23)24)10-13-4-6-14(18)7-5-13/h3-9H,10-11H2,1-2H3,(H,20,22). The largest absolute Gasteiger partial charge is 0.325 e. The number of aryl methyl sites for hydroxylation is 1. The molecule has 0 fully saturated rings. The van der Waals surface area contributed by atoms with Gasteiger partial charge in [0.15, 0.2) is 0 Å². The summed E-state index contributed by atoms with van der Waals surface area (Å²) >= 11 is 11.9. The van der Waals surface area contributed by atoms with Crippen molar-refractivity contribution < 1.29 is 13.2 Å². The molecule has 0 radical (unpaired) electrons. The van der Waals surface area contributed by atoms with Crippen molar-refractivity contribution in [2.75, 3.05) is 18.1 Å². The van der Waals surface area contributed by atoms with Crippen LogP contribution >= 0.6 is 23.2 Å². The fourth-order valence-corrected chi connectivity index (χ4v) is 3.16. The zero-order chi connectivity index (χ0) is 18.6. The van der Waals surface area contributed by atoms with E-state index < -0.39 is 15.9 Å². The van der Waals surface area contributed by atoms with E-state index in [2.05, 4.69) is 5.32 Å². The van der Waals surface area contributed by atoms with E-state index in [4.69, 9.17) is 23.2 Å². The minimum Gasteiger partial charge on any atom is -0.325 e. The van der Waals surface area contributed by atoms with Gasteiger partial charge in [-0.3, -0.25) is 4.79 Å². The first-order valence-electron chi connectivity index (χ1n) is 7.41.